The van der Waals surface area contributed by atoms with E-state index in [1.807, 2.05) is 0 Å². The molecule has 5 nitrogen and oxygen atoms in total. The van der Waals surface area contributed by atoms with Crippen LogP contribution in [0.15, 0.2) is 0 Å². The molecule has 5 heteroatoms. The van der Waals surface area contributed by atoms with E-state index in [9.17, 15) is 9.59 Å². The van der Waals surface area contributed by atoms with Crippen molar-refractivity contribution >= 4 is 11.8 Å². The van der Waals surface area contributed by atoms with Crippen LogP contribution in [0.2, 0.25) is 0 Å². The van der Waals surface area contributed by atoms with Crippen LogP contribution in [-0.2, 0) is 14.3 Å². The number of ether oxygens (including phenoxy) is 1. The lowest BCUT2D eigenvalue weighted by molar-refractivity contribution is -0.135. The summed E-state index contributed by atoms with van der Waals surface area (Å²) in [6.07, 6.45) is 3.84. The van der Waals surface area contributed by atoms with Gasteiger partial charge in [-0.15, -0.1) is 0 Å². The van der Waals surface area contributed by atoms with E-state index in [1.54, 1.807) is 0 Å². The summed E-state index contributed by atoms with van der Waals surface area (Å²) in [6, 6.07) is 0.0690. The highest BCUT2D eigenvalue weighted by Gasteiger charge is 2.35. The maximum atomic E-state index is 11.7. The highest BCUT2D eigenvalue weighted by atomic mass is 16.5. The molecule has 0 saturated carbocycles. The van der Waals surface area contributed by atoms with E-state index in [0.717, 1.165) is 25.9 Å². The average Bonchev–Trinajstić information content (AvgIpc) is 2.33. The van der Waals surface area contributed by atoms with Crippen LogP contribution in [0, 0.1) is 0 Å². The van der Waals surface area contributed by atoms with Crippen LogP contribution in [-0.4, -0.2) is 36.1 Å². The van der Waals surface area contributed by atoms with Crippen molar-refractivity contribution in [2.24, 2.45) is 0 Å². The zero-order chi connectivity index (χ0) is 13.2. The molecular formula is C13H22N2O3. The van der Waals surface area contributed by atoms with Gasteiger partial charge in [0.05, 0.1) is 11.6 Å². The molecule has 2 N–H and O–H groups in total. The Morgan fingerprint density at radius 1 is 1.44 bits per heavy atom. The minimum atomic E-state index is -0.230. The Balaban J connectivity index is 1.89. The second kappa shape index (κ2) is 5.36. The third kappa shape index (κ3) is 3.09. The number of nitrogens with one attached hydrogen (secondary N) is 2. The van der Waals surface area contributed by atoms with Crippen molar-refractivity contribution in [3.63, 3.8) is 0 Å². The van der Waals surface area contributed by atoms with E-state index in [4.69, 9.17) is 4.74 Å². The molecule has 2 aliphatic rings. The highest BCUT2D eigenvalue weighted by Crippen LogP contribution is 2.28. The van der Waals surface area contributed by atoms with Gasteiger partial charge in [0, 0.05) is 19.1 Å². The lowest BCUT2D eigenvalue weighted by Gasteiger charge is -2.39. The van der Waals surface area contributed by atoms with Crippen LogP contribution in [0.1, 0.15) is 46.0 Å². The Morgan fingerprint density at radius 2 is 2.22 bits per heavy atom. The zero-order valence-electron chi connectivity index (χ0n) is 11.1. The van der Waals surface area contributed by atoms with Crippen molar-refractivity contribution in [2.75, 3.05) is 6.61 Å². The quantitative estimate of drug-likeness (QED) is 0.729. The number of rotatable bonds is 3. The van der Waals surface area contributed by atoms with Gasteiger partial charge in [0.2, 0.25) is 11.8 Å². The molecule has 0 aliphatic carbocycles. The predicted molar refractivity (Wildman–Crippen MR) is 67.0 cm³/mol. The predicted octanol–water partition coefficient (Wildman–Crippen LogP) is 0.729. The Labute approximate surface area is 108 Å². The summed E-state index contributed by atoms with van der Waals surface area (Å²) in [5.74, 6) is -0.348. The minimum absolute atomic E-state index is 0.0864. The molecule has 0 spiro atoms. The smallest absolute Gasteiger partial charge is 0.243 e. The highest BCUT2D eigenvalue weighted by molar-refractivity contribution is 6.00. The van der Waals surface area contributed by atoms with E-state index in [2.05, 4.69) is 24.5 Å². The Morgan fingerprint density at radius 3 is 2.89 bits per heavy atom. The van der Waals surface area contributed by atoms with Gasteiger partial charge in [-0.1, -0.05) is 6.92 Å². The molecule has 2 aliphatic heterocycles. The largest absolute Gasteiger partial charge is 0.375 e. The fourth-order valence-corrected chi connectivity index (χ4v) is 2.66. The van der Waals surface area contributed by atoms with Gasteiger partial charge in [0.25, 0.3) is 0 Å². The summed E-state index contributed by atoms with van der Waals surface area (Å²) in [6.45, 7) is 4.97. The number of carbonyl (C=O) groups excluding carboxylic acids is 2. The van der Waals surface area contributed by atoms with Crippen molar-refractivity contribution in [2.45, 2.75) is 63.6 Å². The maximum Gasteiger partial charge on any atom is 0.243 e. The third-order valence-corrected chi connectivity index (χ3v) is 4.02. The van der Waals surface area contributed by atoms with Gasteiger partial charge in [0.15, 0.2) is 0 Å². The normalized spacial score (nSPS) is 37.4. The molecule has 2 rings (SSSR count). The number of imide groups is 1. The van der Waals surface area contributed by atoms with E-state index in [0.29, 0.717) is 18.9 Å². The minimum Gasteiger partial charge on any atom is -0.375 e. The average molecular weight is 254 g/mol. The third-order valence-electron chi connectivity index (χ3n) is 4.02. The molecule has 0 radical (unpaired) electrons. The molecule has 18 heavy (non-hydrogen) atoms. The van der Waals surface area contributed by atoms with Crippen LogP contribution in [0.25, 0.3) is 0 Å². The summed E-state index contributed by atoms with van der Waals surface area (Å²) in [5.41, 5.74) is -0.0864. The van der Waals surface area contributed by atoms with Gasteiger partial charge in [0.1, 0.15) is 0 Å². The first-order valence-corrected chi connectivity index (χ1v) is 6.76. The maximum absolute atomic E-state index is 11.7. The molecule has 2 fully saturated rings. The molecule has 102 valence electrons. The fraction of sp³-hybridized carbons (Fsp3) is 0.846. The standard InChI is InChI=1S/C13H22N2O3/c1-3-13(2)8-9(6-7-18-13)14-10-4-5-11(16)15-12(10)17/h9-10,14H,3-8H2,1-2H3,(H,15,16,17). The monoisotopic (exact) mass is 254 g/mol. The fourth-order valence-electron chi connectivity index (χ4n) is 2.66. The van der Waals surface area contributed by atoms with Crippen LogP contribution in [0.4, 0.5) is 0 Å². The molecule has 0 aromatic heterocycles. The molecule has 3 atom stereocenters. The van der Waals surface area contributed by atoms with E-state index < -0.39 is 0 Å². The summed E-state index contributed by atoms with van der Waals surface area (Å²) in [4.78, 5) is 22.8. The number of hydrogen-bond acceptors (Lipinski definition) is 4. The molecule has 0 aromatic rings. The van der Waals surface area contributed by atoms with Crippen molar-refractivity contribution < 1.29 is 14.3 Å². The van der Waals surface area contributed by atoms with Crippen LogP contribution in [0.5, 0.6) is 0 Å². The molecule has 0 bridgehead atoms. The van der Waals surface area contributed by atoms with Crippen LogP contribution in [0.3, 0.4) is 0 Å². The summed E-state index contributed by atoms with van der Waals surface area (Å²) in [5, 5.41) is 5.76. The Hall–Kier alpha value is -0.940. The first kappa shape index (κ1) is 13.5. The first-order chi connectivity index (χ1) is 8.52. The first-order valence-electron chi connectivity index (χ1n) is 6.76. The van der Waals surface area contributed by atoms with Crippen molar-refractivity contribution in [1.82, 2.24) is 10.6 Å². The lowest BCUT2D eigenvalue weighted by atomic mass is 9.89. The lowest BCUT2D eigenvalue weighted by Crippen LogP contribution is -2.56. The SMILES string of the molecule is CCC1(C)CC(NC2CCC(=O)NC2=O)CCO1. The summed E-state index contributed by atoms with van der Waals surface area (Å²) < 4.78 is 5.78. The van der Waals surface area contributed by atoms with Gasteiger partial charge in [-0.25, -0.2) is 0 Å². The molecule has 3 unspecified atom stereocenters. The number of piperidine rings is 1. The zero-order valence-corrected chi connectivity index (χ0v) is 11.1. The second-order valence-electron chi connectivity index (χ2n) is 5.51. The van der Waals surface area contributed by atoms with E-state index in [1.165, 1.54) is 0 Å². The molecular weight excluding hydrogens is 232 g/mol. The van der Waals surface area contributed by atoms with Crippen molar-refractivity contribution in [3.05, 3.63) is 0 Å². The Bertz CT molecular complexity index is 345. The molecule has 2 amide bonds. The van der Waals surface area contributed by atoms with E-state index in [-0.39, 0.29) is 23.5 Å². The van der Waals surface area contributed by atoms with E-state index >= 15 is 0 Å². The summed E-state index contributed by atoms with van der Waals surface area (Å²) in [7, 11) is 0. The van der Waals surface area contributed by atoms with Crippen LogP contribution >= 0.6 is 0 Å². The Kier molecular flexibility index (Phi) is 4.02. The second-order valence-corrected chi connectivity index (χ2v) is 5.51. The molecule has 0 aromatic carbocycles. The number of hydrogen-bond donors (Lipinski definition) is 2. The van der Waals surface area contributed by atoms with Gasteiger partial charge in [-0.05, 0) is 32.6 Å². The number of amides is 2. The number of carbonyl (C=O) groups is 2. The molecule has 2 heterocycles. The van der Waals surface area contributed by atoms with Gasteiger partial charge in [-0.2, -0.15) is 0 Å². The van der Waals surface area contributed by atoms with Gasteiger partial charge in [-0.3, -0.25) is 14.9 Å². The van der Waals surface area contributed by atoms with Crippen molar-refractivity contribution in [3.8, 4) is 0 Å². The summed E-state index contributed by atoms with van der Waals surface area (Å²) >= 11 is 0. The van der Waals surface area contributed by atoms with Crippen LogP contribution < -0.4 is 10.6 Å². The van der Waals surface area contributed by atoms with Gasteiger partial charge >= 0.3 is 0 Å². The van der Waals surface area contributed by atoms with Crippen molar-refractivity contribution in [1.29, 1.82) is 0 Å². The van der Waals surface area contributed by atoms with Gasteiger partial charge < -0.3 is 10.1 Å². The molecule has 2 saturated heterocycles. The topological polar surface area (TPSA) is 67.4 Å².